The van der Waals surface area contributed by atoms with Crippen molar-refractivity contribution < 1.29 is 19.8 Å². The van der Waals surface area contributed by atoms with Gasteiger partial charge in [-0.3, -0.25) is 14.5 Å². The molecule has 2 saturated heterocycles. The maximum Gasteiger partial charge on any atom is 0.246 e. The Balaban J connectivity index is 1.48. The highest BCUT2D eigenvalue weighted by atomic mass is 35.5. The molecule has 2 N–H and O–H groups in total. The zero-order valence-electron chi connectivity index (χ0n) is 19.8. The smallest absolute Gasteiger partial charge is 0.246 e. The minimum Gasteiger partial charge on any atom is -0.394 e. The van der Waals surface area contributed by atoms with Crippen LogP contribution < -0.4 is 0 Å². The van der Waals surface area contributed by atoms with Crippen LogP contribution in [0.3, 0.4) is 0 Å². The number of carbonyl (C=O) groups excluding carboxylic acids is 2. The molecule has 2 atom stereocenters. The number of aliphatic hydroxyl groups excluding tert-OH is 2. The first kappa shape index (κ1) is 27.0. The number of hydrogen-bond acceptors (Lipinski definition) is 5. The first-order valence-electron chi connectivity index (χ1n) is 12.0. The van der Waals surface area contributed by atoms with Gasteiger partial charge in [0.1, 0.15) is 0 Å². The van der Waals surface area contributed by atoms with Gasteiger partial charge in [-0.1, -0.05) is 35.7 Å². The number of carbonyl (C=O) groups is 2. The zero-order chi connectivity index (χ0) is 24.7. The number of piperidine rings is 1. The van der Waals surface area contributed by atoms with Crippen LogP contribution in [0.4, 0.5) is 0 Å². The molecule has 2 fully saturated rings. The summed E-state index contributed by atoms with van der Waals surface area (Å²) in [4.78, 5) is 30.8. The van der Waals surface area contributed by atoms with Crippen LogP contribution in [0.2, 0.25) is 10.0 Å². The topological polar surface area (TPSA) is 84.3 Å². The third-order valence-corrected chi connectivity index (χ3v) is 7.66. The number of amides is 2. The number of halogens is 2. The fraction of sp³-hybridized carbons (Fsp3) is 0.600. The summed E-state index contributed by atoms with van der Waals surface area (Å²) in [7, 11) is 0. The molecule has 2 amide bonds. The second kappa shape index (κ2) is 12.4. The molecule has 0 radical (unpaired) electrons. The monoisotopic (exact) mass is 511 g/mol. The SMILES string of the molecule is CC1(CO)CCCCN1CC(O)CCN1CCN(C(=O)/C=C/c2ccc(Cl)c(Cl)c2)CCC1=O. The average molecular weight is 512 g/mol. The molecule has 0 spiro atoms. The summed E-state index contributed by atoms with van der Waals surface area (Å²) in [6, 6.07) is 5.16. The van der Waals surface area contributed by atoms with Crippen molar-refractivity contribution in [3.05, 3.63) is 39.9 Å². The minimum absolute atomic E-state index is 0.00543. The summed E-state index contributed by atoms with van der Waals surface area (Å²) in [5.41, 5.74) is 0.485. The Labute approximate surface area is 211 Å². The van der Waals surface area contributed by atoms with Crippen LogP contribution in [0.25, 0.3) is 6.08 Å². The van der Waals surface area contributed by atoms with E-state index in [-0.39, 0.29) is 30.4 Å². The third-order valence-electron chi connectivity index (χ3n) is 6.92. The lowest BCUT2D eigenvalue weighted by atomic mass is 9.89. The van der Waals surface area contributed by atoms with Crippen LogP contribution in [0.1, 0.15) is 44.6 Å². The van der Waals surface area contributed by atoms with Crippen LogP contribution in [0.15, 0.2) is 24.3 Å². The first-order valence-corrected chi connectivity index (χ1v) is 12.7. The van der Waals surface area contributed by atoms with Crippen LogP contribution in [-0.2, 0) is 9.59 Å². The second-order valence-electron chi connectivity index (χ2n) is 9.46. The molecule has 2 heterocycles. The lowest BCUT2D eigenvalue weighted by Gasteiger charge is -2.44. The van der Waals surface area contributed by atoms with Crippen LogP contribution in [0, 0.1) is 0 Å². The Morgan fingerprint density at radius 2 is 1.97 bits per heavy atom. The molecule has 188 valence electrons. The molecule has 2 aliphatic heterocycles. The normalized spacial score (nSPS) is 23.4. The molecule has 3 rings (SSSR count). The van der Waals surface area contributed by atoms with Gasteiger partial charge in [-0.25, -0.2) is 0 Å². The van der Waals surface area contributed by atoms with Gasteiger partial charge in [0.2, 0.25) is 11.8 Å². The van der Waals surface area contributed by atoms with E-state index in [1.165, 1.54) is 6.08 Å². The summed E-state index contributed by atoms with van der Waals surface area (Å²) in [6.45, 7) is 5.17. The number of likely N-dealkylation sites (tertiary alicyclic amines) is 1. The lowest BCUT2D eigenvalue weighted by Crippen LogP contribution is -2.54. The van der Waals surface area contributed by atoms with Gasteiger partial charge in [0.15, 0.2) is 0 Å². The third kappa shape index (κ3) is 7.18. The highest BCUT2D eigenvalue weighted by Gasteiger charge is 2.34. The van der Waals surface area contributed by atoms with Gasteiger partial charge in [0.05, 0.1) is 22.8 Å². The number of rotatable bonds is 8. The fourth-order valence-corrected chi connectivity index (χ4v) is 4.90. The molecular formula is C25H35Cl2N3O4. The van der Waals surface area contributed by atoms with Gasteiger partial charge in [-0.2, -0.15) is 0 Å². The van der Waals surface area contributed by atoms with E-state index in [0.717, 1.165) is 31.4 Å². The maximum atomic E-state index is 12.7. The molecule has 0 saturated carbocycles. The Morgan fingerprint density at radius 3 is 2.71 bits per heavy atom. The lowest BCUT2D eigenvalue weighted by molar-refractivity contribution is -0.130. The van der Waals surface area contributed by atoms with Crippen molar-refractivity contribution in [1.29, 1.82) is 0 Å². The molecule has 34 heavy (non-hydrogen) atoms. The van der Waals surface area contributed by atoms with Gasteiger partial charge in [0, 0.05) is 50.8 Å². The highest BCUT2D eigenvalue weighted by molar-refractivity contribution is 6.42. The van der Waals surface area contributed by atoms with Crippen LogP contribution >= 0.6 is 23.2 Å². The number of β-amino-alcohol motifs (C(OH)–C–C–N with tert-alkyl or cyclic N) is 1. The largest absolute Gasteiger partial charge is 0.394 e. The van der Waals surface area contributed by atoms with E-state index in [4.69, 9.17) is 23.2 Å². The van der Waals surface area contributed by atoms with E-state index in [0.29, 0.717) is 49.2 Å². The minimum atomic E-state index is -0.577. The zero-order valence-corrected chi connectivity index (χ0v) is 21.3. The Bertz CT molecular complexity index is 897. The van der Waals surface area contributed by atoms with E-state index in [2.05, 4.69) is 4.90 Å². The van der Waals surface area contributed by atoms with Gasteiger partial charge in [-0.05, 0) is 56.5 Å². The Hall–Kier alpha value is -1.64. The van der Waals surface area contributed by atoms with Gasteiger partial charge < -0.3 is 20.0 Å². The number of benzene rings is 1. The Morgan fingerprint density at radius 1 is 1.18 bits per heavy atom. The van der Waals surface area contributed by atoms with Gasteiger partial charge >= 0.3 is 0 Å². The van der Waals surface area contributed by atoms with E-state index in [1.807, 2.05) is 6.92 Å². The summed E-state index contributed by atoms with van der Waals surface area (Å²) in [5, 5.41) is 21.3. The summed E-state index contributed by atoms with van der Waals surface area (Å²) in [5.74, 6) is -0.164. The molecule has 0 bridgehead atoms. The molecule has 0 aromatic heterocycles. The predicted octanol–water partition coefficient (Wildman–Crippen LogP) is 3.06. The highest BCUT2D eigenvalue weighted by Crippen LogP contribution is 2.28. The van der Waals surface area contributed by atoms with E-state index in [1.54, 1.807) is 34.1 Å². The van der Waals surface area contributed by atoms with Crippen molar-refractivity contribution in [3.8, 4) is 0 Å². The van der Waals surface area contributed by atoms with Gasteiger partial charge in [-0.15, -0.1) is 0 Å². The second-order valence-corrected chi connectivity index (χ2v) is 10.3. The molecule has 0 aliphatic carbocycles. The van der Waals surface area contributed by atoms with Crippen LogP contribution in [0.5, 0.6) is 0 Å². The van der Waals surface area contributed by atoms with Crippen LogP contribution in [-0.4, -0.2) is 94.2 Å². The maximum absolute atomic E-state index is 12.7. The summed E-state index contributed by atoms with van der Waals surface area (Å²) < 4.78 is 0. The van der Waals surface area contributed by atoms with Crippen molar-refractivity contribution in [2.75, 3.05) is 45.9 Å². The quantitative estimate of drug-likeness (QED) is 0.524. The molecule has 1 aromatic rings. The van der Waals surface area contributed by atoms with E-state index >= 15 is 0 Å². The molecule has 9 heteroatoms. The van der Waals surface area contributed by atoms with Crippen molar-refractivity contribution >= 4 is 41.1 Å². The molecule has 2 unspecified atom stereocenters. The molecule has 7 nitrogen and oxygen atoms in total. The van der Waals surface area contributed by atoms with Crippen molar-refractivity contribution in [3.63, 3.8) is 0 Å². The standard InChI is InChI=1S/C25H35Cl2N3O4/c1-25(18-31)10-2-3-11-30(25)17-20(32)8-12-28-14-15-29(13-9-24(28)34)23(33)7-5-19-4-6-21(26)22(27)16-19/h4-7,16,20,31-32H,2-3,8-15,17-18H2,1H3/b7-5+. The average Bonchev–Trinajstić information content (AvgIpc) is 3.01. The number of nitrogens with zero attached hydrogens (tertiary/aromatic N) is 3. The molecular weight excluding hydrogens is 477 g/mol. The van der Waals surface area contributed by atoms with Crippen molar-refractivity contribution in [1.82, 2.24) is 14.7 Å². The molecule has 1 aromatic carbocycles. The summed E-state index contributed by atoms with van der Waals surface area (Å²) in [6.07, 6.45) is 6.40. The van der Waals surface area contributed by atoms with E-state index in [9.17, 15) is 19.8 Å². The number of aliphatic hydroxyl groups is 2. The Kier molecular flexibility index (Phi) is 9.80. The summed E-state index contributed by atoms with van der Waals surface area (Å²) >= 11 is 12.0. The van der Waals surface area contributed by atoms with Crippen molar-refractivity contribution in [2.24, 2.45) is 0 Å². The van der Waals surface area contributed by atoms with E-state index < -0.39 is 6.10 Å². The van der Waals surface area contributed by atoms with Crippen molar-refractivity contribution in [2.45, 2.75) is 50.7 Å². The fourth-order valence-electron chi connectivity index (χ4n) is 4.59. The first-order chi connectivity index (χ1) is 16.2. The number of hydrogen-bond donors (Lipinski definition) is 2. The van der Waals surface area contributed by atoms with Gasteiger partial charge in [0.25, 0.3) is 0 Å². The predicted molar refractivity (Wildman–Crippen MR) is 135 cm³/mol. The molecule has 2 aliphatic rings.